The molecule has 0 radical (unpaired) electrons. The molecule has 2 aromatic rings. The molecule has 0 heterocycles. The molecule has 5 rings (SSSR count). The fraction of sp³-hybridized carbons (Fsp3) is 0.444. The van der Waals surface area contributed by atoms with Crippen molar-refractivity contribution < 1.29 is 24.2 Å². The summed E-state index contributed by atoms with van der Waals surface area (Å²) in [4.78, 5) is 36.8. The van der Waals surface area contributed by atoms with E-state index in [1.807, 2.05) is 24.3 Å². The SMILES string of the molecule is O=C(O)CC1CC(NC(=O)C2(NC(=O)OCC3c4ccccc4-c4ccccc43)CCCC2)C1. The lowest BCUT2D eigenvalue weighted by atomic mass is 9.78. The molecule has 2 aromatic carbocycles. The number of aliphatic carboxylic acids is 1. The molecule has 0 aromatic heterocycles. The van der Waals surface area contributed by atoms with Crippen molar-refractivity contribution in [2.75, 3.05) is 6.61 Å². The summed E-state index contributed by atoms with van der Waals surface area (Å²) in [6.07, 6.45) is 3.78. The van der Waals surface area contributed by atoms with Crippen molar-refractivity contribution in [2.45, 2.75) is 62.4 Å². The lowest BCUT2D eigenvalue weighted by Gasteiger charge is -2.38. The minimum Gasteiger partial charge on any atom is -0.481 e. The molecule has 2 fully saturated rings. The first-order chi connectivity index (χ1) is 16.4. The highest BCUT2D eigenvalue weighted by atomic mass is 16.5. The average molecular weight is 463 g/mol. The summed E-state index contributed by atoms with van der Waals surface area (Å²) in [6, 6.07) is 16.3. The number of carboxylic acids is 1. The van der Waals surface area contributed by atoms with Crippen LogP contribution in [0.25, 0.3) is 11.1 Å². The van der Waals surface area contributed by atoms with E-state index >= 15 is 0 Å². The van der Waals surface area contributed by atoms with Crippen molar-refractivity contribution in [1.82, 2.24) is 10.6 Å². The molecular formula is C27H30N2O5. The first-order valence-electron chi connectivity index (χ1n) is 12.1. The Morgan fingerprint density at radius 1 is 0.941 bits per heavy atom. The Kier molecular flexibility index (Phi) is 6.02. The van der Waals surface area contributed by atoms with Gasteiger partial charge in [0, 0.05) is 18.4 Å². The second-order valence-electron chi connectivity index (χ2n) is 9.85. The number of benzene rings is 2. The van der Waals surface area contributed by atoms with Crippen LogP contribution in [0.1, 0.15) is 62.0 Å². The van der Waals surface area contributed by atoms with Crippen molar-refractivity contribution in [3.63, 3.8) is 0 Å². The molecule has 3 N–H and O–H groups in total. The number of carbonyl (C=O) groups excluding carboxylic acids is 2. The number of carboxylic acid groups (broad SMARTS) is 1. The lowest BCUT2D eigenvalue weighted by molar-refractivity contribution is -0.139. The Morgan fingerprint density at radius 2 is 1.53 bits per heavy atom. The summed E-state index contributed by atoms with van der Waals surface area (Å²) in [5.41, 5.74) is 3.66. The van der Waals surface area contributed by atoms with E-state index in [1.165, 1.54) is 11.1 Å². The number of rotatable bonds is 7. The van der Waals surface area contributed by atoms with Crippen LogP contribution in [0.15, 0.2) is 48.5 Å². The molecule has 34 heavy (non-hydrogen) atoms. The van der Waals surface area contributed by atoms with E-state index in [0.717, 1.165) is 24.0 Å². The van der Waals surface area contributed by atoms with Crippen LogP contribution in [0.4, 0.5) is 4.79 Å². The Morgan fingerprint density at radius 3 is 2.12 bits per heavy atom. The topological polar surface area (TPSA) is 105 Å². The zero-order valence-electron chi connectivity index (χ0n) is 19.1. The fourth-order valence-corrected chi connectivity index (χ4v) is 5.81. The third-order valence-electron chi connectivity index (χ3n) is 7.61. The highest BCUT2D eigenvalue weighted by molar-refractivity contribution is 5.90. The van der Waals surface area contributed by atoms with Gasteiger partial charge < -0.3 is 20.5 Å². The smallest absolute Gasteiger partial charge is 0.408 e. The number of amides is 2. The third-order valence-corrected chi connectivity index (χ3v) is 7.61. The largest absolute Gasteiger partial charge is 0.481 e. The van der Waals surface area contributed by atoms with E-state index in [9.17, 15) is 14.4 Å². The number of fused-ring (bicyclic) bond motifs is 3. The molecule has 178 valence electrons. The third kappa shape index (κ3) is 4.27. The molecule has 2 amide bonds. The van der Waals surface area contributed by atoms with Gasteiger partial charge in [0.2, 0.25) is 5.91 Å². The Labute approximate surface area is 198 Å². The van der Waals surface area contributed by atoms with Gasteiger partial charge >= 0.3 is 12.1 Å². The van der Waals surface area contributed by atoms with Gasteiger partial charge in [0.25, 0.3) is 0 Å². The van der Waals surface area contributed by atoms with Gasteiger partial charge in [-0.3, -0.25) is 9.59 Å². The summed E-state index contributed by atoms with van der Waals surface area (Å²) in [7, 11) is 0. The molecule has 0 bridgehead atoms. The van der Waals surface area contributed by atoms with Crippen molar-refractivity contribution in [2.24, 2.45) is 5.92 Å². The van der Waals surface area contributed by atoms with E-state index < -0.39 is 17.6 Å². The number of ether oxygens (including phenoxy) is 1. The quantitative estimate of drug-likeness (QED) is 0.572. The van der Waals surface area contributed by atoms with Gasteiger partial charge in [0.15, 0.2) is 0 Å². The van der Waals surface area contributed by atoms with Gasteiger partial charge in [-0.15, -0.1) is 0 Å². The van der Waals surface area contributed by atoms with Crippen LogP contribution in [-0.4, -0.2) is 41.3 Å². The van der Waals surface area contributed by atoms with Gasteiger partial charge in [-0.05, 0) is 53.9 Å². The Balaban J connectivity index is 1.20. The number of hydrogen-bond donors (Lipinski definition) is 3. The normalized spacial score (nSPS) is 22.2. The van der Waals surface area contributed by atoms with E-state index in [0.29, 0.717) is 25.7 Å². The van der Waals surface area contributed by atoms with E-state index in [-0.39, 0.29) is 36.8 Å². The highest BCUT2D eigenvalue weighted by Crippen LogP contribution is 2.44. The van der Waals surface area contributed by atoms with Crippen molar-refractivity contribution in [1.29, 1.82) is 0 Å². The maximum Gasteiger partial charge on any atom is 0.408 e. The zero-order valence-corrected chi connectivity index (χ0v) is 19.1. The number of alkyl carbamates (subject to hydrolysis) is 1. The molecule has 7 heteroatoms. The van der Waals surface area contributed by atoms with Crippen LogP contribution in [0.5, 0.6) is 0 Å². The minimum atomic E-state index is -0.958. The first-order valence-corrected chi connectivity index (χ1v) is 12.1. The Hall–Kier alpha value is -3.35. The van der Waals surface area contributed by atoms with Crippen molar-refractivity contribution in [3.05, 3.63) is 59.7 Å². The molecule has 3 aliphatic rings. The van der Waals surface area contributed by atoms with Crippen LogP contribution in [0.2, 0.25) is 0 Å². The van der Waals surface area contributed by atoms with Gasteiger partial charge in [0.1, 0.15) is 12.1 Å². The zero-order chi connectivity index (χ0) is 23.7. The molecule has 0 saturated heterocycles. The molecular weight excluding hydrogens is 432 g/mol. The van der Waals surface area contributed by atoms with Crippen molar-refractivity contribution >= 4 is 18.0 Å². The average Bonchev–Trinajstić information content (AvgIpc) is 3.39. The van der Waals surface area contributed by atoms with Crippen LogP contribution in [0, 0.1) is 5.92 Å². The fourth-order valence-electron chi connectivity index (χ4n) is 5.81. The number of hydrogen-bond acceptors (Lipinski definition) is 4. The van der Waals surface area contributed by atoms with Gasteiger partial charge in [-0.25, -0.2) is 4.79 Å². The predicted molar refractivity (Wildman–Crippen MR) is 126 cm³/mol. The van der Waals surface area contributed by atoms with Crippen LogP contribution >= 0.6 is 0 Å². The number of nitrogens with one attached hydrogen (secondary N) is 2. The summed E-state index contributed by atoms with van der Waals surface area (Å²) >= 11 is 0. The van der Waals surface area contributed by atoms with E-state index in [1.54, 1.807) is 0 Å². The van der Waals surface area contributed by atoms with E-state index in [4.69, 9.17) is 9.84 Å². The van der Waals surface area contributed by atoms with Crippen LogP contribution in [-0.2, 0) is 14.3 Å². The Bertz CT molecular complexity index is 1060. The minimum absolute atomic E-state index is 0.0290. The molecule has 0 spiro atoms. The van der Waals surface area contributed by atoms with Gasteiger partial charge in [-0.1, -0.05) is 61.4 Å². The molecule has 0 atom stereocenters. The monoisotopic (exact) mass is 462 g/mol. The van der Waals surface area contributed by atoms with Crippen molar-refractivity contribution in [3.8, 4) is 11.1 Å². The molecule has 0 aliphatic heterocycles. The summed E-state index contributed by atoms with van der Waals surface area (Å²) < 4.78 is 5.69. The summed E-state index contributed by atoms with van der Waals surface area (Å²) in [5.74, 6) is -0.915. The van der Waals surface area contributed by atoms with Gasteiger partial charge in [-0.2, -0.15) is 0 Å². The maximum atomic E-state index is 13.1. The second kappa shape index (κ2) is 9.12. The second-order valence-corrected chi connectivity index (χ2v) is 9.85. The molecule has 0 unspecified atom stereocenters. The van der Waals surface area contributed by atoms with Crippen LogP contribution < -0.4 is 10.6 Å². The highest BCUT2D eigenvalue weighted by Gasteiger charge is 2.45. The maximum absolute atomic E-state index is 13.1. The number of carbonyl (C=O) groups is 3. The summed E-state index contributed by atoms with van der Waals surface area (Å²) in [6.45, 7) is 0.205. The molecule has 2 saturated carbocycles. The summed E-state index contributed by atoms with van der Waals surface area (Å²) in [5, 5.41) is 14.8. The van der Waals surface area contributed by atoms with E-state index in [2.05, 4.69) is 34.9 Å². The first kappa shape index (κ1) is 22.4. The van der Waals surface area contributed by atoms with Crippen LogP contribution in [0.3, 0.4) is 0 Å². The predicted octanol–water partition coefficient (Wildman–Crippen LogP) is 4.21. The molecule has 7 nitrogen and oxygen atoms in total. The lowest BCUT2D eigenvalue weighted by Crippen LogP contribution is -2.60. The molecule has 3 aliphatic carbocycles. The standard InChI is InChI=1S/C27H30N2O5/c30-24(31)15-17-13-18(14-17)28-25(32)27(11-5-6-12-27)29-26(33)34-16-23-21-9-3-1-7-19(21)20-8-2-4-10-22(20)23/h1-4,7-10,17-18,23H,5-6,11-16H2,(H,28,32)(H,29,33)(H,30,31). The van der Waals surface area contributed by atoms with Gasteiger partial charge in [0.05, 0.1) is 0 Å².